The molecule has 0 spiro atoms. The minimum absolute atomic E-state index is 0. The first-order chi connectivity index (χ1) is 12.6. The molecule has 152 valence electrons. The van der Waals surface area contributed by atoms with Crippen LogP contribution in [0.4, 0.5) is 0 Å². The van der Waals surface area contributed by atoms with Crippen LogP contribution in [0.2, 0.25) is 0 Å². The van der Waals surface area contributed by atoms with Gasteiger partial charge < -0.3 is 25.4 Å². The van der Waals surface area contributed by atoms with E-state index < -0.39 is 0 Å². The van der Waals surface area contributed by atoms with Crippen molar-refractivity contribution >= 4 is 35.8 Å². The molecule has 3 N–H and O–H groups in total. The summed E-state index contributed by atoms with van der Waals surface area (Å²) in [4.78, 5) is 15.8. The van der Waals surface area contributed by atoms with Gasteiger partial charge in [0.2, 0.25) is 5.91 Å². The number of methoxy groups -OCH3 is 1. The van der Waals surface area contributed by atoms with Crippen molar-refractivity contribution in [2.45, 2.75) is 44.8 Å². The molecule has 0 saturated heterocycles. The Bertz CT molecular complexity index is 608. The van der Waals surface area contributed by atoms with Crippen LogP contribution in [0.15, 0.2) is 29.3 Å². The lowest BCUT2D eigenvalue weighted by atomic mass is 10.3. The predicted molar refractivity (Wildman–Crippen MR) is 118 cm³/mol. The SMILES string of the molecule is CN=C(NCCCC(=O)NC1CC1)NCC(C)Oc1cccc(OC)c1.I. The van der Waals surface area contributed by atoms with E-state index in [9.17, 15) is 4.79 Å². The second-order valence-electron chi connectivity index (χ2n) is 6.43. The number of amides is 1. The number of aliphatic imine (C=N–C) groups is 1. The minimum atomic E-state index is -0.0371. The van der Waals surface area contributed by atoms with Gasteiger partial charge in [0.15, 0.2) is 5.96 Å². The highest BCUT2D eigenvalue weighted by Crippen LogP contribution is 2.20. The fourth-order valence-electron chi connectivity index (χ4n) is 2.39. The van der Waals surface area contributed by atoms with Gasteiger partial charge >= 0.3 is 0 Å². The van der Waals surface area contributed by atoms with E-state index in [4.69, 9.17) is 9.47 Å². The van der Waals surface area contributed by atoms with Crippen LogP contribution in [0.5, 0.6) is 11.5 Å². The van der Waals surface area contributed by atoms with Crippen molar-refractivity contribution in [2.24, 2.45) is 4.99 Å². The lowest BCUT2D eigenvalue weighted by molar-refractivity contribution is -0.121. The van der Waals surface area contributed by atoms with Gasteiger partial charge in [0, 0.05) is 32.1 Å². The Labute approximate surface area is 178 Å². The van der Waals surface area contributed by atoms with Crippen LogP contribution in [0.3, 0.4) is 0 Å². The Hall–Kier alpha value is -1.71. The van der Waals surface area contributed by atoms with Crippen LogP contribution in [0.1, 0.15) is 32.6 Å². The van der Waals surface area contributed by atoms with Crippen molar-refractivity contribution in [3.63, 3.8) is 0 Å². The summed E-state index contributed by atoms with van der Waals surface area (Å²) in [7, 11) is 3.36. The monoisotopic (exact) mass is 490 g/mol. The van der Waals surface area contributed by atoms with Crippen molar-refractivity contribution in [3.05, 3.63) is 24.3 Å². The number of carbonyl (C=O) groups is 1. The Kier molecular flexibility index (Phi) is 10.9. The summed E-state index contributed by atoms with van der Waals surface area (Å²) in [6.45, 7) is 3.30. The van der Waals surface area contributed by atoms with Gasteiger partial charge in [0.1, 0.15) is 17.6 Å². The molecule has 1 unspecified atom stereocenters. The van der Waals surface area contributed by atoms with Gasteiger partial charge in [-0.05, 0) is 38.3 Å². The number of nitrogens with zero attached hydrogens (tertiary/aromatic N) is 1. The van der Waals surface area contributed by atoms with E-state index >= 15 is 0 Å². The molecule has 27 heavy (non-hydrogen) atoms. The molecule has 0 bridgehead atoms. The first-order valence-electron chi connectivity index (χ1n) is 9.15. The molecule has 1 aromatic rings. The average molecular weight is 490 g/mol. The van der Waals surface area contributed by atoms with E-state index in [0.29, 0.717) is 31.5 Å². The van der Waals surface area contributed by atoms with Gasteiger partial charge in [-0.25, -0.2) is 0 Å². The number of hydrogen-bond donors (Lipinski definition) is 3. The highest BCUT2D eigenvalue weighted by molar-refractivity contribution is 14.0. The first kappa shape index (κ1) is 23.3. The average Bonchev–Trinajstić information content (AvgIpc) is 3.45. The number of benzene rings is 1. The maximum absolute atomic E-state index is 11.6. The number of nitrogens with one attached hydrogen (secondary N) is 3. The highest BCUT2D eigenvalue weighted by atomic mass is 127. The molecular weight excluding hydrogens is 459 g/mol. The summed E-state index contributed by atoms with van der Waals surface area (Å²) in [6, 6.07) is 7.96. The third kappa shape index (κ3) is 9.69. The van der Waals surface area contributed by atoms with Crippen molar-refractivity contribution in [3.8, 4) is 11.5 Å². The molecule has 1 saturated carbocycles. The molecule has 0 aliphatic heterocycles. The number of rotatable bonds is 10. The predicted octanol–water partition coefficient (Wildman–Crippen LogP) is 2.30. The van der Waals surface area contributed by atoms with Crippen LogP contribution < -0.4 is 25.4 Å². The lowest BCUT2D eigenvalue weighted by Crippen LogP contribution is -2.42. The molecule has 0 radical (unpaired) electrons. The molecule has 1 aromatic carbocycles. The zero-order valence-electron chi connectivity index (χ0n) is 16.3. The van der Waals surface area contributed by atoms with Crippen LogP contribution >= 0.6 is 24.0 Å². The van der Waals surface area contributed by atoms with Gasteiger partial charge in [-0.2, -0.15) is 0 Å². The third-order valence-corrected chi connectivity index (χ3v) is 3.97. The Morgan fingerprint density at radius 2 is 2.04 bits per heavy atom. The molecule has 2 rings (SSSR count). The number of ether oxygens (including phenoxy) is 2. The normalized spacial score (nSPS) is 14.6. The van der Waals surface area contributed by atoms with Gasteiger partial charge in [-0.15, -0.1) is 24.0 Å². The zero-order chi connectivity index (χ0) is 18.8. The molecular formula is C19H31IN4O3. The van der Waals surface area contributed by atoms with Crippen molar-refractivity contribution in [1.29, 1.82) is 0 Å². The van der Waals surface area contributed by atoms with E-state index in [1.807, 2.05) is 31.2 Å². The molecule has 1 atom stereocenters. The van der Waals surface area contributed by atoms with Gasteiger partial charge in [0.05, 0.1) is 13.7 Å². The second kappa shape index (κ2) is 12.6. The quantitative estimate of drug-likeness (QED) is 0.203. The number of guanidine groups is 1. The summed E-state index contributed by atoms with van der Waals surface area (Å²) < 4.78 is 11.1. The lowest BCUT2D eigenvalue weighted by Gasteiger charge is -2.18. The number of carbonyl (C=O) groups excluding carboxylic acids is 1. The Balaban J connectivity index is 0.00000364. The van der Waals surface area contributed by atoms with Crippen LogP contribution in [-0.2, 0) is 4.79 Å². The topological polar surface area (TPSA) is 84.0 Å². The standard InChI is InChI=1S/C19H30N4O3.HI/c1-14(26-17-7-4-6-16(12-17)25-3)13-22-19(20-2)21-11-5-8-18(24)23-15-9-10-15;/h4,6-7,12,14-15H,5,8-11,13H2,1-3H3,(H,23,24)(H2,20,21,22);1H. The summed E-state index contributed by atoms with van der Waals surface area (Å²) in [5.41, 5.74) is 0. The van der Waals surface area contributed by atoms with Crippen molar-refractivity contribution in [2.75, 3.05) is 27.2 Å². The molecule has 1 aliphatic carbocycles. The van der Waals surface area contributed by atoms with E-state index in [1.165, 1.54) is 0 Å². The molecule has 1 fully saturated rings. The molecule has 8 heteroatoms. The summed E-state index contributed by atoms with van der Waals surface area (Å²) in [6.07, 6.45) is 3.52. The second-order valence-corrected chi connectivity index (χ2v) is 6.43. The summed E-state index contributed by atoms with van der Waals surface area (Å²) in [5, 5.41) is 9.43. The van der Waals surface area contributed by atoms with E-state index in [0.717, 1.165) is 30.8 Å². The van der Waals surface area contributed by atoms with Gasteiger partial charge in [0.25, 0.3) is 0 Å². The first-order valence-corrected chi connectivity index (χ1v) is 9.15. The Morgan fingerprint density at radius 3 is 2.70 bits per heavy atom. The third-order valence-electron chi connectivity index (χ3n) is 3.97. The van der Waals surface area contributed by atoms with E-state index in [2.05, 4.69) is 20.9 Å². The van der Waals surface area contributed by atoms with Crippen molar-refractivity contribution < 1.29 is 14.3 Å². The smallest absolute Gasteiger partial charge is 0.220 e. The van der Waals surface area contributed by atoms with Crippen LogP contribution in [0.25, 0.3) is 0 Å². The van der Waals surface area contributed by atoms with Crippen molar-refractivity contribution in [1.82, 2.24) is 16.0 Å². The van der Waals surface area contributed by atoms with Crippen LogP contribution in [-0.4, -0.2) is 51.3 Å². The Morgan fingerprint density at radius 1 is 1.30 bits per heavy atom. The summed E-state index contributed by atoms with van der Waals surface area (Å²) in [5.74, 6) is 2.38. The maximum atomic E-state index is 11.6. The number of hydrogen-bond acceptors (Lipinski definition) is 4. The van der Waals surface area contributed by atoms with Crippen LogP contribution in [0, 0.1) is 0 Å². The van der Waals surface area contributed by atoms with E-state index in [1.54, 1.807) is 14.2 Å². The summed E-state index contributed by atoms with van der Waals surface area (Å²) >= 11 is 0. The molecule has 1 aliphatic rings. The zero-order valence-corrected chi connectivity index (χ0v) is 18.6. The fraction of sp³-hybridized carbons (Fsp3) is 0.579. The number of halogens is 1. The highest BCUT2D eigenvalue weighted by Gasteiger charge is 2.22. The largest absolute Gasteiger partial charge is 0.497 e. The maximum Gasteiger partial charge on any atom is 0.220 e. The van der Waals surface area contributed by atoms with Gasteiger partial charge in [-0.1, -0.05) is 6.07 Å². The molecule has 0 heterocycles. The van der Waals surface area contributed by atoms with E-state index in [-0.39, 0.29) is 36.0 Å². The molecule has 7 nitrogen and oxygen atoms in total. The molecule has 0 aromatic heterocycles. The fourth-order valence-corrected chi connectivity index (χ4v) is 2.39. The molecule has 1 amide bonds. The van der Waals surface area contributed by atoms with Gasteiger partial charge in [-0.3, -0.25) is 9.79 Å². The minimum Gasteiger partial charge on any atom is -0.497 e.